The molecule has 1 rings (SSSR count). The van der Waals surface area contributed by atoms with Crippen LogP contribution in [0.1, 0.15) is 46.0 Å². The summed E-state index contributed by atoms with van der Waals surface area (Å²) in [6, 6.07) is 0. The Kier molecular flexibility index (Phi) is 3.24. The molecule has 0 heterocycles. The van der Waals surface area contributed by atoms with Crippen molar-refractivity contribution in [2.45, 2.75) is 46.0 Å². The van der Waals surface area contributed by atoms with Gasteiger partial charge in [0.15, 0.2) is 0 Å². The number of rotatable bonds is 2. The summed E-state index contributed by atoms with van der Waals surface area (Å²) >= 11 is 0. The molecule has 1 saturated carbocycles. The predicted octanol–water partition coefficient (Wildman–Crippen LogP) is 3.43. The molecule has 2 atom stereocenters. The van der Waals surface area contributed by atoms with Crippen molar-refractivity contribution in [2.24, 2.45) is 11.8 Å². The van der Waals surface area contributed by atoms with Crippen molar-refractivity contribution in [2.75, 3.05) is 0 Å². The van der Waals surface area contributed by atoms with Gasteiger partial charge in [-0.25, -0.2) is 0 Å². The largest absolute Gasteiger partial charge is 0.0625 e. The van der Waals surface area contributed by atoms with Gasteiger partial charge in [0, 0.05) is 0 Å². The van der Waals surface area contributed by atoms with Crippen LogP contribution >= 0.6 is 0 Å². The van der Waals surface area contributed by atoms with Crippen molar-refractivity contribution >= 4 is 0 Å². The Balaban J connectivity index is 2.18. The molecule has 0 aromatic rings. The summed E-state index contributed by atoms with van der Waals surface area (Å²) in [4.78, 5) is 0. The SMILES string of the molecule is C[CH]CC1CCCC(C)C1. The first-order chi connectivity index (χ1) is 4.83. The van der Waals surface area contributed by atoms with Gasteiger partial charge in [0.25, 0.3) is 0 Å². The Morgan fingerprint density at radius 3 is 2.80 bits per heavy atom. The Labute approximate surface area is 65.0 Å². The van der Waals surface area contributed by atoms with Crippen molar-refractivity contribution in [1.82, 2.24) is 0 Å². The quantitative estimate of drug-likeness (QED) is 0.550. The van der Waals surface area contributed by atoms with Crippen LogP contribution < -0.4 is 0 Å². The van der Waals surface area contributed by atoms with Crippen LogP contribution in [0, 0.1) is 18.3 Å². The fourth-order valence-electron chi connectivity index (χ4n) is 2.11. The molecule has 0 saturated heterocycles. The molecular weight excluding hydrogens is 120 g/mol. The van der Waals surface area contributed by atoms with E-state index in [2.05, 4.69) is 20.3 Å². The summed E-state index contributed by atoms with van der Waals surface area (Å²) in [5.41, 5.74) is 0. The van der Waals surface area contributed by atoms with Crippen molar-refractivity contribution in [1.29, 1.82) is 0 Å². The summed E-state index contributed by atoms with van der Waals surface area (Å²) in [6.07, 6.45) is 9.58. The standard InChI is InChI=1S/C10H19/c1-3-5-10-7-4-6-9(2)8-10/h3,9-10H,4-8H2,1-2H3. The number of hydrogen-bond acceptors (Lipinski definition) is 0. The molecule has 0 spiro atoms. The Morgan fingerprint density at radius 2 is 2.20 bits per heavy atom. The lowest BCUT2D eigenvalue weighted by Crippen LogP contribution is -2.12. The summed E-state index contributed by atoms with van der Waals surface area (Å²) in [5, 5.41) is 0. The van der Waals surface area contributed by atoms with E-state index in [1.54, 1.807) is 0 Å². The second-order valence-corrected chi connectivity index (χ2v) is 3.78. The average Bonchev–Trinajstić information content (AvgIpc) is 1.88. The van der Waals surface area contributed by atoms with Crippen LogP contribution in [0.25, 0.3) is 0 Å². The molecule has 0 aliphatic heterocycles. The highest BCUT2D eigenvalue weighted by molar-refractivity contribution is 4.74. The average molecular weight is 139 g/mol. The van der Waals surface area contributed by atoms with E-state index in [4.69, 9.17) is 0 Å². The van der Waals surface area contributed by atoms with Crippen LogP contribution in [0.2, 0.25) is 0 Å². The van der Waals surface area contributed by atoms with E-state index >= 15 is 0 Å². The van der Waals surface area contributed by atoms with E-state index in [0.29, 0.717) is 0 Å². The maximum absolute atomic E-state index is 2.39. The Morgan fingerprint density at radius 1 is 1.40 bits per heavy atom. The molecule has 0 amide bonds. The third-order valence-corrected chi connectivity index (χ3v) is 2.61. The molecule has 0 aromatic heterocycles. The highest BCUT2D eigenvalue weighted by Crippen LogP contribution is 2.30. The first-order valence-corrected chi connectivity index (χ1v) is 4.60. The van der Waals surface area contributed by atoms with Crippen molar-refractivity contribution in [3.05, 3.63) is 6.42 Å². The van der Waals surface area contributed by atoms with Crippen molar-refractivity contribution in [3.8, 4) is 0 Å². The molecule has 2 unspecified atom stereocenters. The highest BCUT2D eigenvalue weighted by atomic mass is 14.2. The van der Waals surface area contributed by atoms with E-state index in [0.717, 1.165) is 11.8 Å². The van der Waals surface area contributed by atoms with Crippen LogP contribution in [0.15, 0.2) is 0 Å². The van der Waals surface area contributed by atoms with Gasteiger partial charge in [-0.05, 0) is 31.1 Å². The fourth-order valence-corrected chi connectivity index (χ4v) is 2.11. The van der Waals surface area contributed by atoms with Crippen LogP contribution in [0.3, 0.4) is 0 Å². The van der Waals surface area contributed by atoms with E-state index in [1.807, 2.05) is 0 Å². The second kappa shape index (κ2) is 4.00. The topological polar surface area (TPSA) is 0 Å². The van der Waals surface area contributed by atoms with Crippen LogP contribution in [0.4, 0.5) is 0 Å². The predicted molar refractivity (Wildman–Crippen MR) is 45.7 cm³/mol. The third-order valence-electron chi connectivity index (χ3n) is 2.61. The van der Waals surface area contributed by atoms with Crippen molar-refractivity contribution in [3.63, 3.8) is 0 Å². The van der Waals surface area contributed by atoms with Crippen LogP contribution in [-0.4, -0.2) is 0 Å². The van der Waals surface area contributed by atoms with Gasteiger partial charge in [-0.1, -0.05) is 33.1 Å². The minimum absolute atomic E-state index is 0.999. The summed E-state index contributed by atoms with van der Waals surface area (Å²) < 4.78 is 0. The van der Waals surface area contributed by atoms with Crippen LogP contribution in [0.5, 0.6) is 0 Å². The maximum Gasteiger partial charge on any atom is -0.0409 e. The molecule has 1 radical (unpaired) electrons. The lowest BCUT2D eigenvalue weighted by molar-refractivity contribution is 0.280. The first kappa shape index (κ1) is 8.10. The van der Waals surface area contributed by atoms with Gasteiger partial charge in [0.05, 0.1) is 0 Å². The second-order valence-electron chi connectivity index (χ2n) is 3.78. The Bertz CT molecular complexity index is 84.0. The summed E-state index contributed by atoms with van der Waals surface area (Å²) in [7, 11) is 0. The zero-order chi connectivity index (χ0) is 7.40. The molecule has 59 valence electrons. The minimum Gasteiger partial charge on any atom is -0.0625 e. The molecule has 0 nitrogen and oxygen atoms in total. The molecule has 0 heteroatoms. The van der Waals surface area contributed by atoms with Gasteiger partial charge in [0.2, 0.25) is 0 Å². The molecule has 1 aliphatic rings. The van der Waals surface area contributed by atoms with Gasteiger partial charge >= 0.3 is 0 Å². The van der Waals surface area contributed by atoms with Gasteiger partial charge in [0.1, 0.15) is 0 Å². The summed E-state index contributed by atoms with van der Waals surface area (Å²) in [6.45, 7) is 4.57. The van der Waals surface area contributed by atoms with Gasteiger partial charge < -0.3 is 0 Å². The van der Waals surface area contributed by atoms with Gasteiger partial charge in [-0.15, -0.1) is 0 Å². The molecule has 1 aliphatic carbocycles. The van der Waals surface area contributed by atoms with Gasteiger partial charge in [-0.3, -0.25) is 0 Å². The lowest BCUT2D eigenvalue weighted by Gasteiger charge is -2.25. The molecule has 0 aromatic carbocycles. The minimum atomic E-state index is 0.999. The van der Waals surface area contributed by atoms with Crippen LogP contribution in [-0.2, 0) is 0 Å². The maximum atomic E-state index is 2.39. The molecule has 10 heavy (non-hydrogen) atoms. The van der Waals surface area contributed by atoms with E-state index < -0.39 is 0 Å². The molecule has 0 bridgehead atoms. The lowest BCUT2D eigenvalue weighted by atomic mass is 9.80. The molecule has 0 N–H and O–H groups in total. The zero-order valence-electron chi connectivity index (χ0n) is 7.27. The monoisotopic (exact) mass is 139 g/mol. The van der Waals surface area contributed by atoms with Gasteiger partial charge in [-0.2, -0.15) is 0 Å². The third kappa shape index (κ3) is 2.32. The zero-order valence-corrected chi connectivity index (χ0v) is 7.27. The van der Waals surface area contributed by atoms with E-state index in [-0.39, 0.29) is 0 Å². The molecule has 1 fully saturated rings. The Hall–Kier alpha value is 0. The summed E-state index contributed by atoms with van der Waals surface area (Å²) in [5.74, 6) is 2.02. The van der Waals surface area contributed by atoms with E-state index in [9.17, 15) is 0 Å². The fraction of sp³-hybridized carbons (Fsp3) is 0.900. The van der Waals surface area contributed by atoms with Crippen molar-refractivity contribution < 1.29 is 0 Å². The number of hydrogen-bond donors (Lipinski definition) is 0. The smallest absolute Gasteiger partial charge is 0.0409 e. The van der Waals surface area contributed by atoms with E-state index in [1.165, 1.54) is 32.1 Å². The molecular formula is C10H19. The normalized spacial score (nSPS) is 34.2. The first-order valence-electron chi connectivity index (χ1n) is 4.60. The highest BCUT2D eigenvalue weighted by Gasteiger charge is 2.17.